The molecule has 1 aromatic carbocycles. The highest BCUT2D eigenvalue weighted by molar-refractivity contribution is 5.74. The number of rotatable bonds is 1. The minimum absolute atomic E-state index is 0.0270. The van der Waals surface area contributed by atoms with Gasteiger partial charge in [0.1, 0.15) is 5.52 Å². The Bertz CT molecular complexity index is 560. The van der Waals surface area contributed by atoms with Crippen molar-refractivity contribution in [2.75, 3.05) is 20.1 Å². The third kappa shape index (κ3) is 2.28. The van der Waals surface area contributed by atoms with Gasteiger partial charge in [-0.2, -0.15) is 0 Å². The van der Waals surface area contributed by atoms with Gasteiger partial charge in [-0.3, -0.25) is 0 Å². The average Bonchev–Trinajstić information content (AvgIpc) is 2.90. The fourth-order valence-corrected chi connectivity index (χ4v) is 2.59. The van der Waals surface area contributed by atoms with Gasteiger partial charge in [-0.15, -0.1) is 0 Å². The zero-order chi connectivity index (χ0) is 13.2. The number of likely N-dealkylation sites (tertiary alicyclic amines) is 1. The van der Waals surface area contributed by atoms with Crippen LogP contribution in [0.15, 0.2) is 28.7 Å². The van der Waals surface area contributed by atoms with Crippen molar-refractivity contribution >= 4 is 17.1 Å². The van der Waals surface area contributed by atoms with Crippen LogP contribution in [-0.2, 0) is 0 Å². The van der Waals surface area contributed by atoms with Gasteiger partial charge in [-0.1, -0.05) is 12.1 Å². The number of fused-ring (bicyclic) bond motifs is 1. The summed E-state index contributed by atoms with van der Waals surface area (Å²) in [5, 5.41) is 2.67. The van der Waals surface area contributed by atoms with Crippen molar-refractivity contribution < 1.29 is 9.21 Å². The van der Waals surface area contributed by atoms with Crippen LogP contribution in [0.25, 0.3) is 11.1 Å². The second-order valence-corrected chi connectivity index (χ2v) is 4.86. The molecule has 0 aliphatic carbocycles. The van der Waals surface area contributed by atoms with E-state index in [0.717, 1.165) is 36.4 Å². The molecule has 0 spiro atoms. The number of hydrogen-bond donors (Lipinski definition) is 1. The lowest BCUT2D eigenvalue weighted by Gasteiger charge is -2.30. The molecule has 0 bridgehead atoms. The zero-order valence-electron chi connectivity index (χ0n) is 10.9. The Balaban J connectivity index is 1.83. The SMILES string of the molecule is CNC(=O)N1CCCC(c2nc3ccccc3o2)C1. The number of benzene rings is 1. The molecule has 1 N–H and O–H groups in total. The Morgan fingerprint density at radius 1 is 1.47 bits per heavy atom. The summed E-state index contributed by atoms with van der Waals surface area (Å²) in [6.45, 7) is 1.48. The van der Waals surface area contributed by atoms with Crippen LogP contribution in [0, 0.1) is 0 Å². The normalized spacial score (nSPS) is 19.6. The second kappa shape index (κ2) is 4.91. The molecule has 5 heteroatoms. The molecule has 1 unspecified atom stereocenters. The van der Waals surface area contributed by atoms with E-state index in [1.165, 1.54) is 0 Å². The lowest BCUT2D eigenvalue weighted by Crippen LogP contribution is -2.43. The number of piperidine rings is 1. The molecular formula is C14H17N3O2. The highest BCUT2D eigenvalue weighted by Crippen LogP contribution is 2.28. The van der Waals surface area contributed by atoms with E-state index < -0.39 is 0 Å². The molecule has 2 amide bonds. The summed E-state index contributed by atoms with van der Waals surface area (Å²) in [6.07, 6.45) is 2.00. The number of carbonyl (C=O) groups is 1. The Hall–Kier alpha value is -2.04. The first-order valence-electron chi connectivity index (χ1n) is 6.60. The maximum absolute atomic E-state index is 11.7. The summed E-state index contributed by atoms with van der Waals surface area (Å²) >= 11 is 0. The van der Waals surface area contributed by atoms with Gasteiger partial charge in [0.25, 0.3) is 0 Å². The van der Waals surface area contributed by atoms with Crippen LogP contribution in [0.1, 0.15) is 24.7 Å². The number of amides is 2. The van der Waals surface area contributed by atoms with E-state index in [9.17, 15) is 4.79 Å². The molecule has 0 saturated carbocycles. The Morgan fingerprint density at radius 2 is 2.32 bits per heavy atom. The number of hydrogen-bond acceptors (Lipinski definition) is 3. The Kier molecular flexibility index (Phi) is 3.11. The first-order chi connectivity index (χ1) is 9.28. The topological polar surface area (TPSA) is 58.4 Å². The molecule has 1 aliphatic rings. The summed E-state index contributed by atoms with van der Waals surface area (Å²) in [5.41, 5.74) is 1.70. The number of para-hydroxylation sites is 2. The predicted octanol–water partition coefficient (Wildman–Crippen LogP) is 2.35. The quantitative estimate of drug-likeness (QED) is 0.855. The molecule has 5 nitrogen and oxygen atoms in total. The summed E-state index contributed by atoms with van der Waals surface area (Å²) in [4.78, 5) is 18.0. The van der Waals surface area contributed by atoms with Gasteiger partial charge in [0, 0.05) is 20.1 Å². The summed E-state index contributed by atoms with van der Waals surface area (Å²) in [5.74, 6) is 0.938. The molecule has 2 aromatic rings. The van der Waals surface area contributed by atoms with Crippen LogP contribution in [-0.4, -0.2) is 36.1 Å². The maximum Gasteiger partial charge on any atom is 0.317 e. The standard InChI is InChI=1S/C14H17N3O2/c1-15-14(18)17-8-4-5-10(9-17)13-16-11-6-2-3-7-12(11)19-13/h2-3,6-7,10H,4-5,8-9H2,1H3,(H,15,18). The van der Waals surface area contributed by atoms with E-state index in [1.54, 1.807) is 7.05 Å². The zero-order valence-corrected chi connectivity index (χ0v) is 10.9. The number of oxazole rings is 1. The van der Waals surface area contributed by atoms with Gasteiger partial charge in [0.2, 0.25) is 0 Å². The number of urea groups is 1. The summed E-state index contributed by atoms with van der Waals surface area (Å²) < 4.78 is 5.80. The maximum atomic E-state index is 11.7. The van der Waals surface area contributed by atoms with Crippen molar-refractivity contribution in [3.8, 4) is 0 Å². The van der Waals surface area contributed by atoms with Crippen LogP contribution in [0.3, 0.4) is 0 Å². The van der Waals surface area contributed by atoms with E-state index in [2.05, 4.69) is 10.3 Å². The van der Waals surface area contributed by atoms with E-state index in [-0.39, 0.29) is 11.9 Å². The smallest absolute Gasteiger partial charge is 0.317 e. The van der Waals surface area contributed by atoms with Gasteiger partial charge in [-0.25, -0.2) is 9.78 Å². The minimum atomic E-state index is -0.0270. The molecule has 1 saturated heterocycles. The Morgan fingerprint density at radius 3 is 3.11 bits per heavy atom. The highest BCUT2D eigenvalue weighted by atomic mass is 16.3. The average molecular weight is 259 g/mol. The highest BCUT2D eigenvalue weighted by Gasteiger charge is 2.27. The van der Waals surface area contributed by atoms with Gasteiger partial charge in [-0.05, 0) is 25.0 Å². The monoisotopic (exact) mass is 259 g/mol. The van der Waals surface area contributed by atoms with Crippen LogP contribution >= 0.6 is 0 Å². The lowest BCUT2D eigenvalue weighted by atomic mass is 9.98. The van der Waals surface area contributed by atoms with Crippen LogP contribution < -0.4 is 5.32 Å². The van der Waals surface area contributed by atoms with Gasteiger partial charge in [0.05, 0.1) is 5.92 Å². The third-order valence-corrected chi connectivity index (χ3v) is 3.58. The van der Waals surface area contributed by atoms with Crippen molar-refractivity contribution in [2.24, 2.45) is 0 Å². The predicted molar refractivity (Wildman–Crippen MR) is 72.0 cm³/mol. The van der Waals surface area contributed by atoms with Crippen molar-refractivity contribution in [3.05, 3.63) is 30.2 Å². The van der Waals surface area contributed by atoms with Crippen molar-refractivity contribution in [1.82, 2.24) is 15.2 Å². The largest absolute Gasteiger partial charge is 0.440 e. The number of aromatic nitrogens is 1. The van der Waals surface area contributed by atoms with Crippen LogP contribution in [0.5, 0.6) is 0 Å². The summed E-state index contributed by atoms with van der Waals surface area (Å²) in [6, 6.07) is 7.73. The van der Waals surface area contributed by atoms with Crippen molar-refractivity contribution in [3.63, 3.8) is 0 Å². The lowest BCUT2D eigenvalue weighted by molar-refractivity contribution is 0.177. The van der Waals surface area contributed by atoms with Crippen LogP contribution in [0.4, 0.5) is 4.79 Å². The molecule has 100 valence electrons. The molecule has 0 radical (unpaired) electrons. The molecule has 3 rings (SSSR count). The van der Waals surface area contributed by atoms with Gasteiger partial charge >= 0.3 is 6.03 Å². The molecule has 1 aliphatic heterocycles. The van der Waals surface area contributed by atoms with Gasteiger partial charge < -0.3 is 14.6 Å². The minimum Gasteiger partial charge on any atom is -0.440 e. The number of nitrogens with zero attached hydrogens (tertiary/aromatic N) is 2. The van der Waals surface area contributed by atoms with Crippen LogP contribution in [0.2, 0.25) is 0 Å². The first-order valence-corrected chi connectivity index (χ1v) is 6.60. The molecule has 2 heterocycles. The fourth-order valence-electron chi connectivity index (χ4n) is 2.59. The van der Waals surface area contributed by atoms with E-state index in [4.69, 9.17) is 4.42 Å². The van der Waals surface area contributed by atoms with Crippen molar-refractivity contribution in [2.45, 2.75) is 18.8 Å². The van der Waals surface area contributed by atoms with Crippen molar-refractivity contribution in [1.29, 1.82) is 0 Å². The van der Waals surface area contributed by atoms with E-state index in [0.29, 0.717) is 6.54 Å². The molecule has 19 heavy (non-hydrogen) atoms. The number of carbonyl (C=O) groups excluding carboxylic acids is 1. The molecule has 1 atom stereocenters. The van der Waals surface area contributed by atoms with Gasteiger partial charge in [0.15, 0.2) is 11.5 Å². The van der Waals surface area contributed by atoms with E-state index in [1.807, 2.05) is 29.2 Å². The molecule has 1 fully saturated rings. The second-order valence-electron chi connectivity index (χ2n) is 4.86. The molecule has 1 aromatic heterocycles. The number of nitrogens with one attached hydrogen (secondary N) is 1. The van der Waals surface area contributed by atoms with E-state index >= 15 is 0 Å². The Labute approximate surface area is 111 Å². The molecular weight excluding hydrogens is 242 g/mol. The summed E-state index contributed by atoms with van der Waals surface area (Å²) in [7, 11) is 1.66. The fraction of sp³-hybridized carbons (Fsp3) is 0.429. The first kappa shape index (κ1) is 12.0. The third-order valence-electron chi connectivity index (χ3n) is 3.58.